The predicted molar refractivity (Wildman–Crippen MR) is 132 cm³/mol. The Labute approximate surface area is 192 Å². The average Bonchev–Trinajstić information content (AvgIpc) is 3.20. The number of nitrogens with one attached hydrogen (secondary N) is 3. The number of fused-ring (bicyclic) bond motifs is 2. The number of anilines is 2. The molecule has 1 aliphatic carbocycles. The molecule has 33 heavy (non-hydrogen) atoms. The second-order valence-corrected chi connectivity index (χ2v) is 8.73. The van der Waals surface area contributed by atoms with Gasteiger partial charge in [0.1, 0.15) is 5.75 Å². The standard InChI is InChI=1S/C28H25N3O2/c1-33-19-12-10-17(11-13-19)18-14-25-27(26(32)15-18)28(31-24-9-5-4-8-23(24)30-25)21-16-29-22-7-3-2-6-20(21)22/h2-13,16,18,28-31H,14-15H2,1H3/t18-,28+/m1/s1. The number of hydrogen-bond acceptors (Lipinski definition) is 4. The zero-order valence-corrected chi connectivity index (χ0v) is 18.4. The van der Waals surface area contributed by atoms with Crippen LogP contribution in [-0.4, -0.2) is 17.9 Å². The molecular weight excluding hydrogens is 410 g/mol. The fraction of sp³-hybridized carbons (Fsp3) is 0.179. The van der Waals surface area contributed by atoms with E-state index in [2.05, 4.69) is 52.0 Å². The molecule has 164 valence electrons. The van der Waals surface area contributed by atoms with E-state index in [9.17, 15) is 4.79 Å². The summed E-state index contributed by atoms with van der Waals surface area (Å²) in [6, 6.07) is 24.3. The largest absolute Gasteiger partial charge is 0.497 e. The SMILES string of the molecule is COc1ccc([C@H]2CC(=O)C3=C(C2)Nc2ccccc2N[C@H]3c2c[nH]c3ccccc23)cc1. The lowest BCUT2D eigenvalue weighted by atomic mass is 9.78. The fourth-order valence-electron chi connectivity index (χ4n) is 5.17. The number of ether oxygens (including phenoxy) is 1. The van der Waals surface area contributed by atoms with Crippen LogP contribution in [0.5, 0.6) is 5.75 Å². The summed E-state index contributed by atoms with van der Waals surface area (Å²) in [5, 5.41) is 8.42. The molecule has 0 bridgehead atoms. The molecule has 0 spiro atoms. The predicted octanol–water partition coefficient (Wildman–Crippen LogP) is 6.16. The van der Waals surface area contributed by atoms with Crippen molar-refractivity contribution < 1.29 is 9.53 Å². The number of allylic oxidation sites excluding steroid dienone is 1. The molecule has 0 saturated carbocycles. The van der Waals surface area contributed by atoms with Crippen LogP contribution in [0.25, 0.3) is 10.9 Å². The normalized spacial score (nSPS) is 19.8. The molecule has 0 saturated heterocycles. The molecule has 2 atom stereocenters. The van der Waals surface area contributed by atoms with Crippen LogP contribution in [0.1, 0.15) is 35.9 Å². The van der Waals surface area contributed by atoms with E-state index in [1.54, 1.807) is 7.11 Å². The van der Waals surface area contributed by atoms with E-state index >= 15 is 0 Å². The third kappa shape index (κ3) is 3.37. The smallest absolute Gasteiger partial charge is 0.163 e. The van der Waals surface area contributed by atoms with Crippen LogP contribution >= 0.6 is 0 Å². The lowest BCUT2D eigenvalue weighted by Crippen LogP contribution is -2.26. The lowest BCUT2D eigenvalue weighted by Gasteiger charge is -2.29. The zero-order valence-electron chi connectivity index (χ0n) is 18.4. The molecule has 5 heteroatoms. The Balaban J connectivity index is 1.47. The van der Waals surface area contributed by atoms with Crippen LogP contribution in [-0.2, 0) is 4.79 Å². The molecule has 0 radical (unpaired) electrons. The van der Waals surface area contributed by atoms with E-state index in [0.29, 0.717) is 6.42 Å². The maximum absolute atomic E-state index is 13.7. The Hall–Kier alpha value is -3.99. The van der Waals surface area contributed by atoms with Gasteiger partial charge in [0.05, 0.1) is 24.5 Å². The van der Waals surface area contributed by atoms with Gasteiger partial charge in [0.2, 0.25) is 0 Å². The van der Waals surface area contributed by atoms with Crippen molar-refractivity contribution in [2.75, 3.05) is 17.7 Å². The average molecular weight is 436 g/mol. The van der Waals surface area contributed by atoms with Gasteiger partial charge in [0, 0.05) is 40.4 Å². The second-order valence-electron chi connectivity index (χ2n) is 8.73. The minimum Gasteiger partial charge on any atom is -0.497 e. The molecule has 3 N–H and O–H groups in total. The molecule has 4 aromatic rings. The van der Waals surface area contributed by atoms with E-state index in [4.69, 9.17) is 4.74 Å². The first-order chi connectivity index (χ1) is 16.2. The van der Waals surface area contributed by atoms with E-state index in [-0.39, 0.29) is 17.7 Å². The Morgan fingerprint density at radius 3 is 2.45 bits per heavy atom. The number of aromatic nitrogens is 1. The van der Waals surface area contributed by atoms with Crippen LogP contribution in [0.2, 0.25) is 0 Å². The van der Waals surface area contributed by atoms with E-state index in [1.165, 1.54) is 0 Å². The molecule has 0 fully saturated rings. The number of methoxy groups -OCH3 is 1. The molecule has 2 aliphatic rings. The molecule has 6 rings (SSSR count). The highest BCUT2D eigenvalue weighted by atomic mass is 16.5. The van der Waals surface area contributed by atoms with Crippen LogP contribution in [0.4, 0.5) is 11.4 Å². The number of ketones is 1. The number of H-pyrrole nitrogens is 1. The number of carbonyl (C=O) groups excluding carboxylic acids is 1. The van der Waals surface area contributed by atoms with Crippen LogP contribution < -0.4 is 15.4 Å². The summed E-state index contributed by atoms with van der Waals surface area (Å²) >= 11 is 0. The Morgan fingerprint density at radius 2 is 1.64 bits per heavy atom. The first kappa shape index (κ1) is 19.7. The molecule has 5 nitrogen and oxygen atoms in total. The number of hydrogen-bond donors (Lipinski definition) is 3. The maximum Gasteiger partial charge on any atom is 0.163 e. The van der Waals surface area contributed by atoms with Gasteiger partial charge in [-0.3, -0.25) is 4.79 Å². The van der Waals surface area contributed by atoms with Gasteiger partial charge in [-0.15, -0.1) is 0 Å². The van der Waals surface area contributed by atoms with Gasteiger partial charge in [0.15, 0.2) is 5.78 Å². The van der Waals surface area contributed by atoms with Crippen LogP contribution in [0.15, 0.2) is 90.3 Å². The monoisotopic (exact) mass is 435 g/mol. The summed E-state index contributed by atoms with van der Waals surface area (Å²) in [5.74, 6) is 1.13. The zero-order chi connectivity index (χ0) is 22.4. The van der Waals surface area contributed by atoms with Crippen molar-refractivity contribution in [3.63, 3.8) is 0 Å². The minimum absolute atomic E-state index is 0.128. The molecular formula is C28H25N3O2. The molecule has 1 aliphatic heterocycles. The number of para-hydroxylation sites is 3. The van der Waals surface area contributed by atoms with Crippen LogP contribution in [0.3, 0.4) is 0 Å². The summed E-state index contributed by atoms with van der Waals surface area (Å²) in [4.78, 5) is 17.1. The first-order valence-corrected chi connectivity index (χ1v) is 11.3. The first-order valence-electron chi connectivity index (χ1n) is 11.3. The highest BCUT2D eigenvalue weighted by molar-refractivity contribution is 6.02. The van der Waals surface area contributed by atoms with Crippen molar-refractivity contribution in [3.8, 4) is 5.75 Å². The molecule has 0 amide bonds. The van der Waals surface area contributed by atoms with Gasteiger partial charge in [-0.25, -0.2) is 0 Å². The highest BCUT2D eigenvalue weighted by Crippen LogP contribution is 2.45. The number of carbonyl (C=O) groups is 1. The van der Waals surface area contributed by atoms with Gasteiger partial charge < -0.3 is 20.4 Å². The summed E-state index contributed by atoms with van der Waals surface area (Å²) in [5.41, 5.74) is 7.15. The number of benzene rings is 3. The highest BCUT2D eigenvalue weighted by Gasteiger charge is 2.36. The Kier molecular flexibility index (Phi) is 4.68. The van der Waals surface area contributed by atoms with Crippen molar-refractivity contribution >= 4 is 28.1 Å². The van der Waals surface area contributed by atoms with Gasteiger partial charge in [0.25, 0.3) is 0 Å². The second kappa shape index (κ2) is 7.85. The van der Waals surface area contributed by atoms with Crippen LogP contribution in [0, 0.1) is 0 Å². The minimum atomic E-state index is -0.225. The van der Waals surface area contributed by atoms with Crippen molar-refractivity contribution in [3.05, 3.63) is 101 Å². The summed E-state index contributed by atoms with van der Waals surface area (Å²) < 4.78 is 5.31. The van der Waals surface area contributed by atoms with Crippen molar-refractivity contribution in [1.82, 2.24) is 4.98 Å². The Morgan fingerprint density at radius 1 is 0.879 bits per heavy atom. The van der Waals surface area contributed by atoms with E-state index in [1.807, 2.05) is 42.6 Å². The molecule has 0 unspecified atom stereocenters. The number of Topliss-reactive ketones (excluding diaryl/α,β-unsaturated/α-hetero) is 1. The fourth-order valence-corrected chi connectivity index (χ4v) is 5.17. The van der Waals surface area contributed by atoms with Gasteiger partial charge >= 0.3 is 0 Å². The number of aromatic amines is 1. The number of rotatable bonds is 3. The topological polar surface area (TPSA) is 66.2 Å². The summed E-state index contributed by atoms with van der Waals surface area (Å²) in [6.45, 7) is 0. The lowest BCUT2D eigenvalue weighted by molar-refractivity contribution is -0.116. The van der Waals surface area contributed by atoms with Crippen molar-refractivity contribution in [1.29, 1.82) is 0 Å². The van der Waals surface area contributed by atoms with E-state index < -0.39 is 0 Å². The summed E-state index contributed by atoms with van der Waals surface area (Å²) in [6.07, 6.45) is 3.30. The third-order valence-corrected chi connectivity index (χ3v) is 6.83. The summed E-state index contributed by atoms with van der Waals surface area (Å²) in [7, 11) is 1.67. The van der Waals surface area contributed by atoms with Gasteiger partial charge in [-0.1, -0.05) is 42.5 Å². The molecule has 3 aromatic carbocycles. The van der Waals surface area contributed by atoms with Crippen molar-refractivity contribution in [2.24, 2.45) is 0 Å². The Bertz CT molecular complexity index is 1380. The van der Waals surface area contributed by atoms with Gasteiger partial charge in [-0.2, -0.15) is 0 Å². The quantitative estimate of drug-likeness (QED) is 0.361. The third-order valence-electron chi connectivity index (χ3n) is 6.83. The van der Waals surface area contributed by atoms with Crippen molar-refractivity contribution in [2.45, 2.75) is 24.8 Å². The maximum atomic E-state index is 13.7. The van der Waals surface area contributed by atoms with E-state index in [0.717, 1.165) is 56.8 Å². The van der Waals surface area contributed by atoms with Gasteiger partial charge in [-0.05, 0) is 48.2 Å². The molecule has 1 aromatic heterocycles. The molecule has 2 heterocycles.